The largest absolute Gasteiger partial charge is 0.435 e. The zero-order chi connectivity index (χ0) is 16.8. The Morgan fingerprint density at radius 1 is 1.00 bits per heavy atom. The van der Waals surface area contributed by atoms with E-state index in [0.29, 0.717) is 5.69 Å². The van der Waals surface area contributed by atoms with Crippen molar-refractivity contribution in [2.75, 3.05) is 17.2 Å². The first-order chi connectivity index (χ1) is 10.9. The number of alkyl halides is 2. The maximum Gasteiger partial charge on any atom is 0.387 e. The Hall–Kier alpha value is -2.77. The van der Waals surface area contributed by atoms with E-state index in [2.05, 4.69) is 15.4 Å². The molecule has 2 rings (SSSR count). The molecule has 0 fully saturated rings. The number of hydrogen-bond acceptors (Lipinski definition) is 3. The van der Waals surface area contributed by atoms with Crippen molar-refractivity contribution in [3.8, 4) is 5.75 Å². The Labute approximate surface area is 129 Å². The molecule has 0 aromatic heterocycles. The van der Waals surface area contributed by atoms with E-state index in [0.717, 1.165) is 12.1 Å². The second kappa shape index (κ2) is 7.48. The highest BCUT2D eigenvalue weighted by Gasteiger charge is 2.07. The first-order valence-electron chi connectivity index (χ1n) is 6.47. The van der Waals surface area contributed by atoms with Crippen molar-refractivity contribution >= 4 is 17.3 Å². The fourth-order valence-corrected chi connectivity index (χ4v) is 1.72. The summed E-state index contributed by atoms with van der Waals surface area (Å²) < 4.78 is 53.9. The molecule has 0 saturated heterocycles. The van der Waals surface area contributed by atoms with Crippen molar-refractivity contribution < 1.29 is 27.1 Å². The molecule has 0 atom stereocenters. The minimum atomic E-state index is -2.91. The third-order valence-electron chi connectivity index (χ3n) is 2.74. The summed E-state index contributed by atoms with van der Waals surface area (Å²) in [5, 5.41) is 5.13. The maximum atomic E-state index is 13.0. The quantitative estimate of drug-likeness (QED) is 0.797. The van der Waals surface area contributed by atoms with Gasteiger partial charge in [0, 0.05) is 17.4 Å². The number of halogens is 4. The van der Waals surface area contributed by atoms with E-state index in [1.54, 1.807) is 0 Å². The molecule has 0 spiro atoms. The van der Waals surface area contributed by atoms with Gasteiger partial charge < -0.3 is 15.4 Å². The zero-order valence-electron chi connectivity index (χ0n) is 11.7. The number of ether oxygens (including phenoxy) is 1. The molecule has 2 aromatic rings. The summed E-state index contributed by atoms with van der Waals surface area (Å²) in [5.74, 6) is -2.56. The lowest BCUT2D eigenvalue weighted by atomic mass is 10.3. The molecule has 2 aromatic carbocycles. The molecule has 0 aliphatic rings. The van der Waals surface area contributed by atoms with Crippen molar-refractivity contribution in [2.45, 2.75) is 6.61 Å². The van der Waals surface area contributed by atoms with Crippen LogP contribution in [0, 0.1) is 11.6 Å². The van der Waals surface area contributed by atoms with Gasteiger partial charge in [0.2, 0.25) is 5.91 Å². The molecular weight excluding hydrogens is 316 g/mol. The van der Waals surface area contributed by atoms with Crippen LogP contribution in [-0.2, 0) is 4.79 Å². The number of carbonyl (C=O) groups excluding carboxylic acids is 1. The summed E-state index contributed by atoms with van der Waals surface area (Å²) in [5.41, 5.74) is 0.628. The van der Waals surface area contributed by atoms with E-state index >= 15 is 0 Å². The van der Waals surface area contributed by atoms with Crippen LogP contribution in [0.1, 0.15) is 0 Å². The molecular formula is C15H12F4N2O2. The van der Waals surface area contributed by atoms with Crippen LogP contribution in [0.4, 0.5) is 28.9 Å². The van der Waals surface area contributed by atoms with Crippen LogP contribution in [-0.4, -0.2) is 19.1 Å². The SMILES string of the molecule is O=C(CNc1ccc(OC(F)F)cc1)Nc1ccc(F)c(F)c1. The van der Waals surface area contributed by atoms with Crippen molar-refractivity contribution in [1.82, 2.24) is 0 Å². The van der Waals surface area contributed by atoms with E-state index in [9.17, 15) is 22.4 Å². The van der Waals surface area contributed by atoms with Gasteiger partial charge in [0.15, 0.2) is 11.6 Å². The number of rotatable bonds is 6. The van der Waals surface area contributed by atoms with Crippen LogP contribution >= 0.6 is 0 Å². The standard InChI is InChI=1S/C15H12F4N2O2/c16-12-6-3-10(7-13(12)17)21-14(22)8-20-9-1-4-11(5-2-9)23-15(18)19/h1-7,15,20H,8H2,(H,21,22). The molecule has 122 valence electrons. The van der Waals surface area contributed by atoms with Crippen molar-refractivity contribution in [3.63, 3.8) is 0 Å². The zero-order valence-corrected chi connectivity index (χ0v) is 11.7. The third-order valence-corrected chi connectivity index (χ3v) is 2.74. The van der Waals surface area contributed by atoms with Crippen molar-refractivity contribution in [2.24, 2.45) is 0 Å². The second-order valence-corrected chi connectivity index (χ2v) is 4.43. The lowest BCUT2D eigenvalue weighted by Crippen LogP contribution is -2.21. The van der Waals surface area contributed by atoms with Gasteiger partial charge >= 0.3 is 6.61 Å². The number of amides is 1. The number of carbonyl (C=O) groups is 1. The highest BCUT2D eigenvalue weighted by atomic mass is 19.3. The Balaban J connectivity index is 1.85. The Morgan fingerprint density at radius 2 is 1.65 bits per heavy atom. The Bertz CT molecular complexity index is 678. The summed E-state index contributed by atoms with van der Waals surface area (Å²) >= 11 is 0. The molecule has 2 N–H and O–H groups in total. The van der Waals surface area contributed by atoms with E-state index in [1.165, 1.54) is 30.3 Å². The summed E-state index contributed by atoms with van der Waals surface area (Å²) in [7, 11) is 0. The van der Waals surface area contributed by atoms with E-state index in [1.807, 2.05) is 0 Å². The highest BCUT2D eigenvalue weighted by molar-refractivity contribution is 5.93. The topological polar surface area (TPSA) is 50.4 Å². The highest BCUT2D eigenvalue weighted by Crippen LogP contribution is 2.17. The molecule has 1 amide bonds. The molecule has 0 heterocycles. The Morgan fingerprint density at radius 3 is 2.26 bits per heavy atom. The minimum absolute atomic E-state index is 0.00297. The lowest BCUT2D eigenvalue weighted by Gasteiger charge is -2.09. The van der Waals surface area contributed by atoms with Crippen LogP contribution < -0.4 is 15.4 Å². The predicted octanol–water partition coefficient (Wildman–Crippen LogP) is 3.62. The minimum Gasteiger partial charge on any atom is -0.435 e. The van der Waals surface area contributed by atoms with Crippen molar-refractivity contribution in [1.29, 1.82) is 0 Å². The molecule has 8 heteroatoms. The monoisotopic (exact) mass is 328 g/mol. The smallest absolute Gasteiger partial charge is 0.387 e. The first-order valence-corrected chi connectivity index (χ1v) is 6.47. The van der Waals surface area contributed by atoms with Gasteiger partial charge in [0.1, 0.15) is 5.75 Å². The number of nitrogens with one attached hydrogen (secondary N) is 2. The summed E-state index contributed by atoms with van der Waals surface area (Å²) in [6.07, 6.45) is 0. The van der Waals surface area contributed by atoms with Crippen LogP contribution in [0.15, 0.2) is 42.5 Å². The molecule has 0 radical (unpaired) electrons. The fourth-order valence-electron chi connectivity index (χ4n) is 1.72. The number of benzene rings is 2. The molecule has 0 aliphatic carbocycles. The number of hydrogen-bond donors (Lipinski definition) is 2. The molecule has 0 unspecified atom stereocenters. The molecule has 0 saturated carbocycles. The molecule has 23 heavy (non-hydrogen) atoms. The first kappa shape index (κ1) is 16.6. The van der Waals surface area contributed by atoms with Gasteiger partial charge in [-0.2, -0.15) is 8.78 Å². The van der Waals surface area contributed by atoms with Gasteiger partial charge in [-0.05, 0) is 36.4 Å². The van der Waals surface area contributed by atoms with Gasteiger partial charge in [-0.1, -0.05) is 0 Å². The summed E-state index contributed by atoms with van der Waals surface area (Å²) in [6.45, 7) is -3.05. The summed E-state index contributed by atoms with van der Waals surface area (Å²) in [6, 6.07) is 8.56. The van der Waals surface area contributed by atoms with Gasteiger partial charge in [-0.3, -0.25) is 4.79 Å². The molecule has 0 bridgehead atoms. The maximum absolute atomic E-state index is 13.0. The van der Waals surface area contributed by atoms with Crippen LogP contribution in [0.2, 0.25) is 0 Å². The van der Waals surface area contributed by atoms with Crippen LogP contribution in [0.5, 0.6) is 5.75 Å². The molecule has 4 nitrogen and oxygen atoms in total. The normalized spacial score (nSPS) is 10.5. The predicted molar refractivity (Wildman–Crippen MR) is 76.6 cm³/mol. The summed E-state index contributed by atoms with van der Waals surface area (Å²) in [4.78, 5) is 11.7. The molecule has 0 aliphatic heterocycles. The van der Waals surface area contributed by atoms with Gasteiger partial charge in [-0.25, -0.2) is 8.78 Å². The third kappa shape index (κ3) is 5.17. The average molecular weight is 328 g/mol. The number of anilines is 2. The van der Waals surface area contributed by atoms with E-state index < -0.39 is 24.2 Å². The van der Waals surface area contributed by atoms with Crippen LogP contribution in [0.25, 0.3) is 0 Å². The van der Waals surface area contributed by atoms with Gasteiger partial charge in [-0.15, -0.1) is 0 Å². The lowest BCUT2D eigenvalue weighted by molar-refractivity contribution is -0.114. The Kier molecular flexibility index (Phi) is 5.40. The van der Waals surface area contributed by atoms with E-state index in [-0.39, 0.29) is 18.0 Å². The second-order valence-electron chi connectivity index (χ2n) is 4.43. The van der Waals surface area contributed by atoms with Crippen LogP contribution in [0.3, 0.4) is 0 Å². The van der Waals surface area contributed by atoms with E-state index in [4.69, 9.17) is 0 Å². The van der Waals surface area contributed by atoms with Gasteiger partial charge in [0.05, 0.1) is 6.54 Å². The fraction of sp³-hybridized carbons (Fsp3) is 0.133. The van der Waals surface area contributed by atoms with Gasteiger partial charge in [0.25, 0.3) is 0 Å². The average Bonchev–Trinajstić information content (AvgIpc) is 2.50. The van der Waals surface area contributed by atoms with Crippen molar-refractivity contribution in [3.05, 3.63) is 54.1 Å².